The number of sulfone groups is 1. The van der Waals surface area contributed by atoms with Crippen LogP contribution in [0.4, 0.5) is 0 Å². The number of ether oxygens (including phenoxy) is 2. The van der Waals surface area contributed by atoms with E-state index in [1.807, 2.05) is 10.8 Å². The molecule has 1 aliphatic rings. The molecule has 1 amide bonds. The highest BCUT2D eigenvalue weighted by atomic mass is 32.2. The van der Waals surface area contributed by atoms with Gasteiger partial charge in [0.25, 0.3) is 0 Å². The lowest BCUT2D eigenvalue weighted by Crippen LogP contribution is -2.20. The van der Waals surface area contributed by atoms with Gasteiger partial charge in [-0.15, -0.1) is 0 Å². The molecule has 1 aromatic heterocycles. The predicted molar refractivity (Wildman–Crippen MR) is 102 cm³/mol. The molecule has 7 nitrogen and oxygen atoms in total. The third-order valence-corrected chi connectivity index (χ3v) is 6.40. The number of thioether (sulfide) groups is 1. The lowest BCUT2D eigenvalue weighted by molar-refractivity contribution is -0.119. The minimum absolute atomic E-state index is 0.0712. The van der Waals surface area contributed by atoms with Crippen LogP contribution in [0, 0.1) is 0 Å². The van der Waals surface area contributed by atoms with Crippen LogP contribution in [0.5, 0.6) is 0 Å². The maximum absolute atomic E-state index is 12.3. The second kappa shape index (κ2) is 7.85. The van der Waals surface area contributed by atoms with E-state index in [2.05, 4.69) is 4.99 Å². The van der Waals surface area contributed by atoms with E-state index in [4.69, 9.17) is 9.47 Å². The minimum atomic E-state index is -3.30. The van der Waals surface area contributed by atoms with Crippen molar-refractivity contribution in [2.24, 2.45) is 4.99 Å². The lowest BCUT2D eigenvalue weighted by atomic mass is 10.3. The van der Waals surface area contributed by atoms with Gasteiger partial charge < -0.3 is 14.0 Å². The maximum Gasteiger partial charge on any atom is 0.317 e. The van der Waals surface area contributed by atoms with Crippen LogP contribution in [0.2, 0.25) is 0 Å². The molecule has 0 spiro atoms. The molecule has 3 rings (SSSR count). The van der Waals surface area contributed by atoms with Crippen LogP contribution in [-0.2, 0) is 30.7 Å². The van der Waals surface area contributed by atoms with Gasteiger partial charge in [0.2, 0.25) is 5.76 Å². The quantitative estimate of drug-likeness (QED) is 0.741. The largest absolute Gasteiger partial charge is 0.494 e. The second-order valence-corrected chi connectivity index (χ2v) is 9.56. The van der Waals surface area contributed by atoms with Crippen LogP contribution in [0.15, 0.2) is 40.1 Å². The highest BCUT2D eigenvalue weighted by Gasteiger charge is 2.16. The summed E-state index contributed by atoms with van der Waals surface area (Å²) in [5.74, 6) is 0.392. The Kier molecular flexibility index (Phi) is 5.73. The van der Waals surface area contributed by atoms with E-state index in [0.717, 1.165) is 16.0 Å². The van der Waals surface area contributed by atoms with Crippen molar-refractivity contribution in [1.29, 1.82) is 0 Å². The predicted octanol–water partition coefficient (Wildman–Crippen LogP) is 1.78. The standard InChI is InChI=1S/C16H18N2O5S3/c1-24-8-5-18-12-4-3-11(26(2,20)21)9-14(12)25-16(18)17-15(19)13-10-22-6-7-23-13/h3-4,9-10H,5-8H2,1-2H3. The van der Waals surface area contributed by atoms with Crippen LogP contribution < -0.4 is 4.80 Å². The first-order chi connectivity index (χ1) is 12.4. The maximum atomic E-state index is 12.3. The topological polar surface area (TPSA) is 87.0 Å². The molecular weight excluding hydrogens is 396 g/mol. The van der Waals surface area contributed by atoms with Gasteiger partial charge in [0.05, 0.1) is 15.1 Å². The van der Waals surface area contributed by atoms with Gasteiger partial charge in [-0.05, 0) is 24.5 Å². The Morgan fingerprint density at radius 1 is 1.38 bits per heavy atom. The Bertz CT molecular complexity index is 1030. The van der Waals surface area contributed by atoms with Gasteiger partial charge in [-0.3, -0.25) is 4.79 Å². The van der Waals surface area contributed by atoms with Gasteiger partial charge in [0.15, 0.2) is 14.6 Å². The van der Waals surface area contributed by atoms with Crippen LogP contribution in [-0.4, -0.2) is 50.4 Å². The van der Waals surface area contributed by atoms with Gasteiger partial charge in [-0.2, -0.15) is 16.8 Å². The van der Waals surface area contributed by atoms with Gasteiger partial charge in [0, 0.05) is 18.6 Å². The summed E-state index contributed by atoms with van der Waals surface area (Å²) in [5, 5.41) is 0. The van der Waals surface area contributed by atoms with E-state index in [9.17, 15) is 13.2 Å². The zero-order valence-corrected chi connectivity index (χ0v) is 16.7. The molecule has 0 saturated carbocycles. The average molecular weight is 415 g/mol. The van der Waals surface area contributed by atoms with Crippen LogP contribution >= 0.6 is 23.1 Å². The number of benzene rings is 1. The molecule has 0 fully saturated rings. The van der Waals surface area contributed by atoms with Crippen molar-refractivity contribution < 1.29 is 22.7 Å². The number of carbonyl (C=O) groups excluding carboxylic acids is 1. The number of fused-ring (bicyclic) bond motifs is 1. The summed E-state index contributed by atoms with van der Waals surface area (Å²) < 4.78 is 36.7. The van der Waals surface area contributed by atoms with Crippen molar-refractivity contribution in [2.75, 3.05) is 31.5 Å². The summed E-state index contributed by atoms with van der Waals surface area (Å²) >= 11 is 2.95. The van der Waals surface area contributed by atoms with E-state index < -0.39 is 15.7 Å². The molecule has 0 radical (unpaired) electrons. The Balaban J connectivity index is 2.11. The molecule has 2 aromatic rings. The monoisotopic (exact) mass is 414 g/mol. The number of hydrogen-bond donors (Lipinski definition) is 0. The van der Waals surface area contributed by atoms with E-state index in [1.54, 1.807) is 30.0 Å². The summed E-state index contributed by atoms with van der Waals surface area (Å²) in [4.78, 5) is 17.3. The number of thiazole rings is 1. The second-order valence-electron chi connectivity index (χ2n) is 5.55. The number of hydrogen-bond acceptors (Lipinski definition) is 7. The SMILES string of the molecule is CSCCn1c(=NC(=O)C2=COCCO2)sc2cc(S(C)(=O)=O)ccc21. The molecule has 0 saturated heterocycles. The van der Waals surface area contributed by atoms with Crippen molar-refractivity contribution in [3.8, 4) is 0 Å². The van der Waals surface area contributed by atoms with Gasteiger partial charge >= 0.3 is 5.91 Å². The molecular formula is C16H18N2O5S3. The molecule has 0 atom stereocenters. The first kappa shape index (κ1) is 19.0. The summed E-state index contributed by atoms with van der Waals surface area (Å²) in [6.07, 6.45) is 4.44. The van der Waals surface area contributed by atoms with E-state index in [0.29, 0.717) is 24.6 Å². The van der Waals surface area contributed by atoms with Gasteiger partial charge in [-0.25, -0.2) is 8.42 Å². The summed E-state index contributed by atoms with van der Waals surface area (Å²) in [7, 11) is -3.30. The Labute approximate surface area is 159 Å². The average Bonchev–Trinajstić information content (AvgIpc) is 2.96. The van der Waals surface area contributed by atoms with Crippen LogP contribution in [0.3, 0.4) is 0 Å². The lowest BCUT2D eigenvalue weighted by Gasteiger charge is -2.12. The Hall–Kier alpha value is -1.78. The number of rotatable bonds is 5. The molecule has 0 bridgehead atoms. The van der Waals surface area contributed by atoms with E-state index in [-0.39, 0.29) is 10.7 Å². The molecule has 140 valence electrons. The molecule has 0 N–H and O–H groups in total. The summed E-state index contributed by atoms with van der Waals surface area (Å²) in [5.41, 5.74) is 0.845. The Morgan fingerprint density at radius 3 is 2.85 bits per heavy atom. The van der Waals surface area contributed by atoms with Crippen molar-refractivity contribution in [1.82, 2.24) is 4.57 Å². The number of nitrogens with zero attached hydrogens (tertiary/aromatic N) is 2. The molecule has 0 unspecified atom stereocenters. The van der Waals surface area contributed by atoms with Crippen molar-refractivity contribution >= 4 is 49.1 Å². The number of carbonyl (C=O) groups is 1. The zero-order chi connectivity index (χ0) is 18.7. The van der Waals surface area contributed by atoms with Crippen LogP contribution in [0.25, 0.3) is 10.2 Å². The first-order valence-electron chi connectivity index (χ1n) is 7.76. The minimum Gasteiger partial charge on any atom is -0.494 e. The number of amides is 1. The Morgan fingerprint density at radius 2 is 2.19 bits per heavy atom. The molecule has 26 heavy (non-hydrogen) atoms. The third-order valence-electron chi connectivity index (χ3n) is 3.66. The van der Waals surface area contributed by atoms with Crippen molar-refractivity contribution in [3.05, 3.63) is 35.0 Å². The first-order valence-corrected chi connectivity index (χ1v) is 11.9. The number of aromatic nitrogens is 1. The van der Waals surface area contributed by atoms with Gasteiger partial charge in [-0.1, -0.05) is 11.3 Å². The van der Waals surface area contributed by atoms with Gasteiger partial charge in [0.1, 0.15) is 19.5 Å². The fourth-order valence-electron chi connectivity index (χ4n) is 2.39. The highest BCUT2D eigenvalue weighted by Crippen LogP contribution is 2.22. The highest BCUT2D eigenvalue weighted by molar-refractivity contribution is 7.98. The zero-order valence-electron chi connectivity index (χ0n) is 14.3. The molecule has 0 aliphatic carbocycles. The van der Waals surface area contributed by atoms with Crippen molar-refractivity contribution in [3.63, 3.8) is 0 Å². The summed E-state index contributed by atoms with van der Waals surface area (Å²) in [6, 6.07) is 4.95. The van der Waals surface area contributed by atoms with E-state index in [1.165, 1.54) is 23.9 Å². The normalized spacial score (nSPS) is 15.5. The van der Waals surface area contributed by atoms with E-state index >= 15 is 0 Å². The fourth-order valence-corrected chi connectivity index (χ4v) is 4.57. The molecule has 10 heteroatoms. The third kappa shape index (κ3) is 4.13. The fraction of sp³-hybridized carbons (Fsp3) is 0.375. The smallest absolute Gasteiger partial charge is 0.317 e. The molecule has 1 aliphatic heterocycles. The van der Waals surface area contributed by atoms with Crippen molar-refractivity contribution in [2.45, 2.75) is 11.4 Å². The molecule has 1 aromatic carbocycles. The summed E-state index contributed by atoms with van der Waals surface area (Å²) in [6.45, 7) is 1.37. The van der Waals surface area contributed by atoms with Crippen LogP contribution in [0.1, 0.15) is 0 Å². The molecule has 2 heterocycles. The number of aryl methyl sites for hydroxylation is 1.